The summed E-state index contributed by atoms with van der Waals surface area (Å²) in [7, 11) is 0. The summed E-state index contributed by atoms with van der Waals surface area (Å²) in [6.45, 7) is 3.17. The molecule has 2 fully saturated rings. The zero-order valence-electron chi connectivity index (χ0n) is 13.0. The van der Waals surface area contributed by atoms with Crippen LogP contribution in [0.5, 0.6) is 5.88 Å². The molecule has 120 valence electrons. The number of aromatic nitrogens is 3. The molecule has 2 atom stereocenters. The van der Waals surface area contributed by atoms with Crippen molar-refractivity contribution >= 4 is 5.95 Å². The van der Waals surface area contributed by atoms with Crippen molar-refractivity contribution in [1.82, 2.24) is 15.0 Å². The molecule has 2 aliphatic heterocycles. The lowest BCUT2D eigenvalue weighted by Gasteiger charge is -2.43. The van der Waals surface area contributed by atoms with Crippen LogP contribution in [0.15, 0.2) is 42.9 Å². The molecule has 4 heterocycles. The largest absolute Gasteiger partial charge is 0.477 e. The summed E-state index contributed by atoms with van der Waals surface area (Å²) in [4.78, 5) is 15.3. The van der Waals surface area contributed by atoms with Gasteiger partial charge in [0.05, 0.1) is 18.1 Å². The summed E-state index contributed by atoms with van der Waals surface area (Å²) in [5.74, 6) is 1.45. The van der Waals surface area contributed by atoms with Gasteiger partial charge < -0.3 is 14.4 Å². The van der Waals surface area contributed by atoms with E-state index in [0.29, 0.717) is 12.5 Å². The number of fused-ring (bicyclic) bond motifs is 1. The zero-order chi connectivity index (χ0) is 15.5. The summed E-state index contributed by atoms with van der Waals surface area (Å²) in [6, 6.07) is 7.56. The standard InChI is InChI=1S/C17H20N4O2/c1-2-7-18-15(4-1)23-13-17-6-11-22-14(17)5-10-21(12-17)16-19-8-3-9-20-16/h1-4,7-9,14H,5-6,10-13H2/t14-,17+/m0/s1. The van der Waals surface area contributed by atoms with Crippen molar-refractivity contribution in [3.63, 3.8) is 0 Å². The highest BCUT2D eigenvalue weighted by molar-refractivity contribution is 5.31. The van der Waals surface area contributed by atoms with Crippen molar-refractivity contribution < 1.29 is 9.47 Å². The molecular formula is C17H20N4O2. The van der Waals surface area contributed by atoms with Crippen LogP contribution < -0.4 is 9.64 Å². The van der Waals surface area contributed by atoms with Gasteiger partial charge in [0.1, 0.15) is 0 Å². The SMILES string of the molecule is c1ccc(OC[C@]23CCO[C@H]2CCN(c2ncccn2)C3)nc1. The molecule has 0 spiro atoms. The topological polar surface area (TPSA) is 60.4 Å². The number of rotatable bonds is 4. The molecule has 23 heavy (non-hydrogen) atoms. The van der Waals surface area contributed by atoms with Crippen molar-refractivity contribution in [1.29, 1.82) is 0 Å². The number of ether oxygens (including phenoxy) is 2. The number of hydrogen-bond acceptors (Lipinski definition) is 6. The van der Waals surface area contributed by atoms with Crippen LogP contribution in [-0.2, 0) is 4.74 Å². The Bertz CT molecular complexity index is 640. The molecule has 4 rings (SSSR count). The number of nitrogens with zero attached hydrogens (tertiary/aromatic N) is 4. The first-order chi connectivity index (χ1) is 11.4. The highest BCUT2D eigenvalue weighted by Gasteiger charge is 2.49. The van der Waals surface area contributed by atoms with Gasteiger partial charge in [-0.3, -0.25) is 0 Å². The molecule has 2 aromatic rings. The van der Waals surface area contributed by atoms with E-state index in [-0.39, 0.29) is 11.5 Å². The Morgan fingerprint density at radius 2 is 2.04 bits per heavy atom. The van der Waals surface area contributed by atoms with Crippen molar-refractivity contribution in [2.45, 2.75) is 18.9 Å². The van der Waals surface area contributed by atoms with E-state index >= 15 is 0 Å². The lowest BCUT2D eigenvalue weighted by atomic mass is 9.77. The molecule has 6 heteroatoms. The summed E-state index contributed by atoms with van der Waals surface area (Å²) >= 11 is 0. The van der Waals surface area contributed by atoms with E-state index in [2.05, 4.69) is 19.9 Å². The van der Waals surface area contributed by atoms with Crippen LogP contribution in [0.4, 0.5) is 5.95 Å². The molecule has 0 aliphatic carbocycles. The van der Waals surface area contributed by atoms with E-state index in [0.717, 1.165) is 38.5 Å². The summed E-state index contributed by atoms with van der Waals surface area (Å²) < 4.78 is 11.9. The zero-order valence-corrected chi connectivity index (χ0v) is 13.0. The maximum atomic E-state index is 5.98. The molecule has 2 aromatic heterocycles. The van der Waals surface area contributed by atoms with E-state index in [4.69, 9.17) is 9.47 Å². The van der Waals surface area contributed by atoms with Gasteiger partial charge in [0, 0.05) is 44.4 Å². The quantitative estimate of drug-likeness (QED) is 0.860. The van der Waals surface area contributed by atoms with E-state index in [1.54, 1.807) is 18.6 Å². The van der Waals surface area contributed by atoms with Crippen LogP contribution in [0.3, 0.4) is 0 Å². The molecule has 2 saturated heterocycles. The Hall–Kier alpha value is -2.21. The minimum absolute atomic E-state index is 0.0189. The third-order valence-corrected chi connectivity index (χ3v) is 4.75. The monoisotopic (exact) mass is 312 g/mol. The van der Waals surface area contributed by atoms with Crippen molar-refractivity contribution in [2.75, 3.05) is 31.2 Å². The minimum atomic E-state index is -0.0189. The second-order valence-corrected chi connectivity index (χ2v) is 6.19. The van der Waals surface area contributed by atoms with Gasteiger partial charge in [0.25, 0.3) is 0 Å². The van der Waals surface area contributed by atoms with Crippen LogP contribution in [0.2, 0.25) is 0 Å². The van der Waals surface area contributed by atoms with Gasteiger partial charge in [0.2, 0.25) is 11.8 Å². The van der Waals surface area contributed by atoms with Gasteiger partial charge in [-0.05, 0) is 25.0 Å². The van der Waals surface area contributed by atoms with E-state index in [1.807, 2.05) is 24.3 Å². The molecule has 0 aromatic carbocycles. The molecule has 2 aliphatic rings. The van der Waals surface area contributed by atoms with E-state index in [1.165, 1.54) is 0 Å². The fourth-order valence-corrected chi connectivity index (χ4v) is 3.53. The Balaban J connectivity index is 1.51. The second-order valence-electron chi connectivity index (χ2n) is 6.19. The van der Waals surface area contributed by atoms with Crippen molar-refractivity contribution in [2.24, 2.45) is 5.41 Å². The molecule has 0 saturated carbocycles. The van der Waals surface area contributed by atoms with Gasteiger partial charge in [-0.25, -0.2) is 15.0 Å². The Morgan fingerprint density at radius 3 is 2.87 bits per heavy atom. The third kappa shape index (κ3) is 2.86. The first-order valence-corrected chi connectivity index (χ1v) is 8.03. The summed E-state index contributed by atoms with van der Waals surface area (Å²) in [5.41, 5.74) is -0.0189. The van der Waals surface area contributed by atoms with Crippen LogP contribution >= 0.6 is 0 Å². The predicted octanol–water partition coefficient (Wildman–Crippen LogP) is 1.94. The maximum absolute atomic E-state index is 5.98. The second kappa shape index (κ2) is 6.12. The van der Waals surface area contributed by atoms with E-state index in [9.17, 15) is 0 Å². The van der Waals surface area contributed by atoms with Crippen molar-refractivity contribution in [3.05, 3.63) is 42.9 Å². The predicted molar refractivity (Wildman–Crippen MR) is 85.4 cm³/mol. The van der Waals surface area contributed by atoms with Crippen LogP contribution in [-0.4, -0.2) is 47.4 Å². The lowest BCUT2D eigenvalue weighted by molar-refractivity contribution is 0.00714. The smallest absolute Gasteiger partial charge is 0.225 e. The molecule has 6 nitrogen and oxygen atoms in total. The Labute approximate surface area is 135 Å². The number of hydrogen-bond donors (Lipinski definition) is 0. The average molecular weight is 312 g/mol. The highest BCUT2D eigenvalue weighted by atomic mass is 16.5. The summed E-state index contributed by atoms with van der Waals surface area (Å²) in [6.07, 6.45) is 7.54. The van der Waals surface area contributed by atoms with Crippen LogP contribution in [0.25, 0.3) is 0 Å². The van der Waals surface area contributed by atoms with Gasteiger partial charge >= 0.3 is 0 Å². The average Bonchev–Trinajstić information content (AvgIpc) is 3.05. The van der Waals surface area contributed by atoms with E-state index < -0.39 is 0 Å². The fourth-order valence-electron chi connectivity index (χ4n) is 3.53. The Morgan fingerprint density at radius 1 is 1.17 bits per heavy atom. The first kappa shape index (κ1) is 14.4. The molecule has 0 amide bonds. The van der Waals surface area contributed by atoms with Gasteiger partial charge in [-0.2, -0.15) is 0 Å². The first-order valence-electron chi connectivity index (χ1n) is 8.03. The Kier molecular flexibility index (Phi) is 3.83. The van der Waals surface area contributed by atoms with Crippen LogP contribution in [0, 0.1) is 5.41 Å². The fraction of sp³-hybridized carbons (Fsp3) is 0.471. The normalized spacial score (nSPS) is 26.8. The minimum Gasteiger partial charge on any atom is -0.477 e. The third-order valence-electron chi connectivity index (χ3n) is 4.75. The maximum Gasteiger partial charge on any atom is 0.225 e. The van der Waals surface area contributed by atoms with Crippen molar-refractivity contribution in [3.8, 4) is 5.88 Å². The number of anilines is 1. The van der Waals surface area contributed by atoms with Gasteiger partial charge in [-0.1, -0.05) is 6.07 Å². The highest BCUT2D eigenvalue weighted by Crippen LogP contribution is 2.41. The number of pyridine rings is 1. The number of piperidine rings is 1. The van der Waals surface area contributed by atoms with Crippen LogP contribution in [0.1, 0.15) is 12.8 Å². The summed E-state index contributed by atoms with van der Waals surface area (Å²) in [5, 5.41) is 0. The molecular weight excluding hydrogens is 292 g/mol. The molecule has 0 bridgehead atoms. The molecule has 0 N–H and O–H groups in total. The lowest BCUT2D eigenvalue weighted by Crippen LogP contribution is -2.53. The molecule has 0 radical (unpaired) electrons. The van der Waals surface area contributed by atoms with Gasteiger partial charge in [-0.15, -0.1) is 0 Å². The van der Waals surface area contributed by atoms with Gasteiger partial charge in [0.15, 0.2) is 0 Å². The molecule has 0 unspecified atom stereocenters.